The Kier molecular flexibility index (Phi) is 1.55. The normalized spacial score (nSPS) is 16.3. The van der Waals surface area contributed by atoms with Crippen LogP contribution in [0.5, 0.6) is 0 Å². The topological polar surface area (TPSA) is 0 Å². The van der Waals surface area contributed by atoms with Crippen LogP contribution in [0.4, 0.5) is 0 Å². The Morgan fingerprint density at radius 3 is 3.20 bits per heavy atom. The fourth-order valence-electron chi connectivity index (χ4n) is 1.17. The Hall–Kier alpha value is -0.270. The number of hydrogen-bond donors (Lipinski definition) is 0. The zero-order chi connectivity index (χ0) is 6.97. The third-order valence-corrected chi connectivity index (χ3v) is 2.99. The molecule has 52 valence electrons. The summed E-state index contributed by atoms with van der Waals surface area (Å²) in [6, 6.07) is 2.10. The number of thiophene rings is 1. The van der Waals surface area contributed by atoms with Crippen molar-refractivity contribution in [2.24, 2.45) is 0 Å². The average Bonchev–Trinajstić information content (AvgIpc) is 2.36. The van der Waals surface area contributed by atoms with E-state index in [9.17, 15) is 0 Å². The number of fused-ring (bicyclic) bond motifs is 1. The molecule has 2 rings (SSSR count). The fraction of sp³-hybridized carbons (Fsp3) is 0.250. The maximum atomic E-state index is 5.99. The molecule has 1 aromatic rings. The van der Waals surface area contributed by atoms with Crippen molar-refractivity contribution < 1.29 is 0 Å². The highest BCUT2D eigenvalue weighted by Crippen LogP contribution is 2.12. The van der Waals surface area contributed by atoms with E-state index >= 15 is 0 Å². The zero-order valence-corrected chi connectivity index (χ0v) is 7.00. The quantitative estimate of drug-likeness (QED) is 0.556. The smallest absolute Gasteiger partial charge is 0.0314 e. The van der Waals surface area contributed by atoms with Gasteiger partial charge < -0.3 is 0 Å². The first-order valence-electron chi connectivity index (χ1n) is 3.30. The molecule has 1 aliphatic rings. The van der Waals surface area contributed by atoms with Gasteiger partial charge in [-0.05, 0) is 24.3 Å². The molecule has 0 spiro atoms. The summed E-state index contributed by atoms with van der Waals surface area (Å²) < 4.78 is 1.34. The molecular formula is C8H7ClS. The first-order valence-corrected chi connectivity index (χ1v) is 4.56. The molecule has 0 fully saturated rings. The number of hydrogen-bond acceptors (Lipinski definition) is 1. The van der Waals surface area contributed by atoms with E-state index in [1.807, 2.05) is 0 Å². The van der Waals surface area contributed by atoms with E-state index in [0.29, 0.717) is 0 Å². The van der Waals surface area contributed by atoms with Gasteiger partial charge in [-0.3, -0.25) is 0 Å². The van der Waals surface area contributed by atoms with Crippen LogP contribution in [0, 0.1) is 0 Å². The molecule has 10 heavy (non-hydrogen) atoms. The van der Waals surface area contributed by atoms with Crippen LogP contribution in [0.15, 0.2) is 11.4 Å². The molecule has 2 heteroatoms. The van der Waals surface area contributed by atoms with Gasteiger partial charge in [-0.2, -0.15) is 0 Å². The molecule has 0 saturated heterocycles. The lowest BCUT2D eigenvalue weighted by atomic mass is 10.2. The molecule has 1 heterocycles. The summed E-state index contributed by atoms with van der Waals surface area (Å²) in [6.07, 6.45) is 4.38. The van der Waals surface area contributed by atoms with E-state index in [-0.39, 0.29) is 0 Å². The maximum Gasteiger partial charge on any atom is 0.0314 e. The molecule has 1 aliphatic carbocycles. The summed E-state index contributed by atoms with van der Waals surface area (Å²) in [7, 11) is 0. The highest BCUT2D eigenvalue weighted by atomic mass is 35.5. The van der Waals surface area contributed by atoms with E-state index in [4.69, 9.17) is 11.6 Å². The van der Waals surface area contributed by atoms with Crippen LogP contribution in [0.1, 0.15) is 12.8 Å². The van der Waals surface area contributed by atoms with Crippen LogP contribution in [0.25, 0.3) is 11.1 Å². The third kappa shape index (κ3) is 0.899. The van der Waals surface area contributed by atoms with E-state index in [1.165, 1.54) is 9.75 Å². The molecule has 0 saturated carbocycles. The van der Waals surface area contributed by atoms with E-state index in [0.717, 1.165) is 17.9 Å². The minimum atomic E-state index is 1.02. The lowest BCUT2D eigenvalue weighted by molar-refractivity contribution is 1.11. The van der Waals surface area contributed by atoms with Crippen LogP contribution >= 0.6 is 22.9 Å². The summed E-state index contributed by atoms with van der Waals surface area (Å²) in [5, 5.41) is 4.37. The van der Waals surface area contributed by atoms with Gasteiger partial charge in [0.05, 0.1) is 0 Å². The molecule has 1 aromatic heterocycles. The van der Waals surface area contributed by atoms with Gasteiger partial charge in [0.1, 0.15) is 0 Å². The Labute approximate surface area is 68.4 Å². The number of halogens is 1. The Bertz CT molecular complexity index is 348. The second-order valence-electron chi connectivity index (χ2n) is 2.35. The van der Waals surface area contributed by atoms with Gasteiger partial charge in [-0.25, -0.2) is 0 Å². The van der Waals surface area contributed by atoms with E-state index < -0.39 is 0 Å². The Balaban J connectivity index is 2.91. The second kappa shape index (κ2) is 2.40. The Morgan fingerprint density at radius 2 is 2.40 bits per heavy atom. The number of rotatable bonds is 0. The van der Waals surface area contributed by atoms with Gasteiger partial charge in [0.2, 0.25) is 0 Å². The van der Waals surface area contributed by atoms with Gasteiger partial charge in [-0.1, -0.05) is 17.7 Å². The molecule has 0 N–H and O–H groups in total. The van der Waals surface area contributed by atoms with Crippen molar-refractivity contribution in [1.29, 1.82) is 0 Å². The highest BCUT2D eigenvalue weighted by Gasteiger charge is 2.00. The minimum Gasteiger partial charge on any atom is -0.144 e. The van der Waals surface area contributed by atoms with Crippen LogP contribution in [0.3, 0.4) is 0 Å². The van der Waals surface area contributed by atoms with Crippen LogP contribution in [-0.2, 0) is 0 Å². The summed E-state index contributed by atoms with van der Waals surface area (Å²) >= 11 is 7.76. The lowest BCUT2D eigenvalue weighted by Crippen LogP contribution is -2.22. The molecule has 0 radical (unpaired) electrons. The second-order valence-corrected chi connectivity index (χ2v) is 3.75. The molecule has 0 bridgehead atoms. The van der Waals surface area contributed by atoms with Crippen molar-refractivity contribution in [1.82, 2.24) is 0 Å². The van der Waals surface area contributed by atoms with Gasteiger partial charge in [0, 0.05) is 14.8 Å². The van der Waals surface area contributed by atoms with Crippen LogP contribution < -0.4 is 9.75 Å². The van der Waals surface area contributed by atoms with Crippen molar-refractivity contribution in [3.8, 4) is 0 Å². The predicted molar refractivity (Wildman–Crippen MR) is 46.5 cm³/mol. The van der Waals surface area contributed by atoms with Gasteiger partial charge in [-0.15, -0.1) is 11.3 Å². The Morgan fingerprint density at radius 1 is 1.50 bits per heavy atom. The van der Waals surface area contributed by atoms with Crippen LogP contribution in [-0.4, -0.2) is 0 Å². The predicted octanol–water partition coefficient (Wildman–Crippen LogP) is 1.67. The minimum absolute atomic E-state index is 1.02. The fourth-order valence-corrected chi connectivity index (χ4v) is 2.38. The summed E-state index contributed by atoms with van der Waals surface area (Å²) in [5.74, 6) is 0. The summed E-state index contributed by atoms with van der Waals surface area (Å²) in [5.41, 5.74) is 0. The molecule has 0 atom stereocenters. The first kappa shape index (κ1) is 6.44. The molecule has 0 nitrogen and oxygen atoms in total. The van der Waals surface area contributed by atoms with Crippen molar-refractivity contribution in [2.45, 2.75) is 12.8 Å². The van der Waals surface area contributed by atoms with Gasteiger partial charge >= 0.3 is 0 Å². The van der Waals surface area contributed by atoms with Gasteiger partial charge in [0.15, 0.2) is 0 Å². The van der Waals surface area contributed by atoms with E-state index in [1.54, 1.807) is 11.3 Å². The highest BCUT2D eigenvalue weighted by molar-refractivity contribution is 7.07. The standard InChI is InChI=1S/C8H7ClS/c9-7-2-1-3-8-6(7)4-5-10-8/h3-5H,1-2H2. The molecule has 0 aliphatic heterocycles. The lowest BCUT2D eigenvalue weighted by Gasteiger charge is -1.98. The molecule has 0 amide bonds. The zero-order valence-electron chi connectivity index (χ0n) is 5.43. The SMILES string of the molecule is ClC1=c2ccsc2=CCC1. The van der Waals surface area contributed by atoms with Gasteiger partial charge in [0.25, 0.3) is 0 Å². The average molecular weight is 171 g/mol. The third-order valence-electron chi connectivity index (χ3n) is 1.68. The molecule has 0 unspecified atom stereocenters. The van der Waals surface area contributed by atoms with E-state index in [2.05, 4.69) is 17.5 Å². The summed E-state index contributed by atoms with van der Waals surface area (Å²) in [6.45, 7) is 0. The van der Waals surface area contributed by atoms with Crippen molar-refractivity contribution in [2.75, 3.05) is 0 Å². The van der Waals surface area contributed by atoms with Crippen LogP contribution in [0.2, 0.25) is 0 Å². The molecule has 0 aromatic carbocycles. The largest absolute Gasteiger partial charge is 0.144 e. The van der Waals surface area contributed by atoms with Crippen molar-refractivity contribution >= 4 is 34.0 Å². The first-order chi connectivity index (χ1) is 4.88. The summed E-state index contributed by atoms with van der Waals surface area (Å²) in [4.78, 5) is 0. The molecular weight excluding hydrogens is 164 g/mol. The van der Waals surface area contributed by atoms with Crippen molar-refractivity contribution in [3.63, 3.8) is 0 Å². The van der Waals surface area contributed by atoms with Crippen molar-refractivity contribution in [3.05, 3.63) is 21.2 Å². The monoisotopic (exact) mass is 170 g/mol. The maximum absolute atomic E-state index is 5.99.